The standard InChI is InChI=1S/C11H24N2O2/c1-3-10-9-15-7-6-13(10)5-4-11(8-12)14-2/h10-11H,3-9,12H2,1-2H3. The fourth-order valence-corrected chi connectivity index (χ4v) is 2.00. The van der Waals surface area contributed by atoms with Crippen LogP contribution < -0.4 is 5.73 Å². The summed E-state index contributed by atoms with van der Waals surface area (Å²) in [4.78, 5) is 2.49. The van der Waals surface area contributed by atoms with Crippen molar-refractivity contribution in [1.82, 2.24) is 4.90 Å². The highest BCUT2D eigenvalue weighted by Crippen LogP contribution is 2.11. The fraction of sp³-hybridized carbons (Fsp3) is 1.00. The van der Waals surface area contributed by atoms with E-state index >= 15 is 0 Å². The molecule has 0 bridgehead atoms. The van der Waals surface area contributed by atoms with Crippen LogP contribution in [0.3, 0.4) is 0 Å². The third-order valence-corrected chi connectivity index (χ3v) is 3.16. The molecule has 1 rings (SSSR count). The molecule has 4 heteroatoms. The first-order chi connectivity index (χ1) is 7.31. The monoisotopic (exact) mass is 216 g/mol. The van der Waals surface area contributed by atoms with Crippen molar-refractivity contribution in [3.05, 3.63) is 0 Å². The van der Waals surface area contributed by atoms with Gasteiger partial charge in [-0.05, 0) is 12.8 Å². The van der Waals surface area contributed by atoms with E-state index in [1.807, 2.05) is 0 Å². The van der Waals surface area contributed by atoms with Crippen LogP contribution in [0.2, 0.25) is 0 Å². The van der Waals surface area contributed by atoms with E-state index in [1.165, 1.54) is 0 Å². The summed E-state index contributed by atoms with van der Waals surface area (Å²) in [6, 6.07) is 0.578. The minimum atomic E-state index is 0.199. The van der Waals surface area contributed by atoms with Crippen LogP contribution in [0.25, 0.3) is 0 Å². The van der Waals surface area contributed by atoms with Crippen LogP contribution in [0, 0.1) is 0 Å². The highest BCUT2D eigenvalue weighted by molar-refractivity contribution is 4.75. The van der Waals surface area contributed by atoms with Crippen molar-refractivity contribution in [1.29, 1.82) is 0 Å². The van der Waals surface area contributed by atoms with Gasteiger partial charge in [0.1, 0.15) is 0 Å². The Morgan fingerprint density at radius 1 is 1.60 bits per heavy atom. The number of nitrogens with two attached hydrogens (primary N) is 1. The lowest BCUT2D eigenvalue weighted by Crippen LogP contribution is -2.46. The maximum atomic E-state index is 5.60. The van der Waals surface area contributed by atoms with E-state index in [0.29, 0.717) is 12.6 Å². The van der Waals surface area contributed by atoms with Crippen LogP contribution in [-0.4, -0.2) is 57.0 Å². The SMILES string of the molecule is CCC1COCCN1CCC(CN)OC. The first kappa shape index (κ1) is 12.9. The molecule has 0 spiro atoms. The number of ether oxygens (including phenoxy) is 2. The first-order valence-corrected chi connectivity index (χ1v) is 5.86. The highest BCUT2D eigenvalue weighted by Gasteiger charge is 2.21. The van der Waals surface area contributed by atoms with Gasteiger partial charge in [-0.2, -0.15) is 0 Å². The number of hydrogen-bond acceptors (Lipinski definition) is 4. The second-order valence-electron chi connectivity index (χ2n) is 4.06. The molecule has 1 saturated heterocycles. The lowest BCUT2D eigenvalue weighted by atomic mass is 10.1. The first-order valence-electron chi connectivity index (χ1n) is 5.86. The molecule has 1 aliphatic rings. The zero-order valence-corrected chi connectivity index (χ0v) is 9.95. The summed E-state index contributed by atoms with van der Waals surface area (Å²) in [6.07, 6.45) is 2.37. The van der Waals surface area contributed by atoms with E-state index in [4.69, 9.17) is 15.2 Å². The van der Waals surface area contributed by atoms with Crippen LogP contribution in [0.15, 0.2) is 0 Å². The minimum Gasteiger partial charge on any atom is -0.380 e. The van der Waals surface area contributed by atoms with E-state index in [1.54, 1.807) is 7.11 Å². The minimum absolute atomic E-state index is 0.199. The molecular formula is C11H24N2O2. The zero-order valence-electron chi connectivity index (χ0n) is 9.95. The molecule has 0 aromatic rings. The molecule has 15 heavy (non-hydrogen) atoms. The second-order valence-corrected chi connectivity index (χ2v) is 4.06. The van der Waals surface area contributed by atoms with Gasteiger partial charge in [0.25, 0.3) is 0 Å². The van der Waals surface area contributed by atoms with E-state index in [2.05, 4.69) is 11.8 Å². The van der Waals surface area contributed by atoms with E-state index in [0.717, 1.165) is 39.1 Å². The largest absolute Gasteiger partial charge is 0.380 e. The molecule has 0 saturated carbocycles. The lowest BCUT2D eigenvalue weighted by Gasteiger charge is -2.35. The molecule has 0 amide bonds. The van der Waals surface area contributed by atoms with Gasteiger partial charge in [-0.25, -0.2) is 0 Å². The molecule has 1 heterocycles. The van der Waals surface area contributed by atoms with E-state index in [-0.39, 0.29) is 6.10 Å². The van der Waals surface area contributed by atoms with E-state index in [9.17, 15) is 0 Å². The summed E-state index contributed by atoms with van der Waals surface area (Å²) in [6.45, 7) is 6.66. The molecule has 2 unspecified atom stereocenters. The van der Waals surface area contributed by atoms with Gasteiger partial charge >= 0.3 is 0 Å². The van der Waals surface area contributed by atoms with Gasteiger partial charge in [-0.1, -0.05) is 6.92 Å². The Kier molecular flexibility index (Phi) is 6.17. The Balaban J connectivity index is 2.28. The lowest BCUT2D eigenvalue weighted by molar-refractivity contribution is -0.0162. The molecule has 90 valence electrons. The Morgan fingerprint density at radius 2 is 2.40 bits per heavy atom. The molecule has 1 fully saturated rings. The summed E-state index contributed by atoms with van der Waals surface area (Å²) < 4.78 is 10.7. The topological polar surface area (TPSA) is 47.7 Å². The van der Waals surface area contributed by atoms with Gasteiger partial charge in [0, 0.05) is 32.8 Å². The quantitative estimate of drug-likeness (QED) is 0.701. The Hall–Kier alpha value is -0.160. The number of hydrogen-bond donors (Lipinski definition) is 1. The number of methoxy groups -OCH3 is 1. The zero-order chi connectivity index (χ0) is 11.1. The van der Waals surface area contributed by atoms with Crippen molar-refractivity contribution >= 4 is 0 Å². The predicted molar refractivity (Wildman–Crippen MR) is 60.9 cm³/mol. The van der Waals surface area contributed by atoms with E-state index < -0.39 is 0 Å². The van der Waals surface area contributed by atoms with Gasteiger partial charge < -0.3 is 15.2 Å². The summed E-state index contributed by atoms with van der Waals surface area (Å²) >= 11 is 0. The molecule has 0 aliphatic carbocycles. The smallest absolute Gasteiger partial charge is 0.0705 e. The van der Waals surface area contributed by atoms with Gasteiger partial charge in [-0.3, -0.25) is 4.90 Å². The van der Waals surface area contributed by atoms with Crippen LogP contribution >= 0.6 is 0 Å². The Bertz CT molecular complexity index is 163. The normalized spacial score (nSPS) is 25.4. The fourth-order valence-electron chi connectivity index (χ4n) is 2.00. The van der Waals surface area contributed by atoms with Gasteiger partial charge in [0.15, 0.2) is 0 Å². The molecule has 2 N–H and O–H groups in total. The average molecular weight is 216 g/mol. The highest BCUT2D eigenvalue weighted by atomic mass is 16.5. The summed E-state index contributed by atoms with van der Waals surface area (Å²) in [5.41, 5.74) is 5.60. The molecule has 2 atom stereocenters. The van der Waals surface area contributed by atoms with Crippen LogP contribution in [0.5, 0.6) is 0 Å². The van der Waals surface area contributed by atoms with Crippen molar-refractivity contribution in [2.45, 2.75) is 31.9 Å². The maximum Gasteiger partial charge on any atom is 0.0705 e. The summed E-state index contributed by atoms with van der Waals surface area (Å²) in [5.74, 6) is 0. The third kappa shape index (κ3) is 4.07. The van der Waals surface area contributed by atoms with Crippen molar-refractivity contribution < 1.29 is 9.47 Å². The Labute approximate surface area is 92.7 Å². The van der Waals surface area contributed by atoms with Gasteiger partial charge in [0.2, 0.25) is 0 Å². The Morgan fingerprint density at radius 3 is 3.00 bits per heavy atom. The number of rotatable bonds is 6. The van der Waals surface area contributed by atoms with Crippen LogP contribution in [0.1, 0.15) is 19.8 Å². The predicted octanol–water partition coefficient (Wildman–Crippen LogP) is 0.461. The number of nitrogens with zero attached hydrogens (tertiary/aromatic N) is 1. The van der Waals surface area contributed by atoms with Gasteiger partial charge in [-0.15, -0.1) is 0 Å². The summed E-state index contributed by atoms with van der Waals surface area (Å²) in [5, 5.41) is 0. The third-order valence-electron chi connectivity index (χ3n) is 3.16. The molecular weight excluding hydrogens is 192 g/mol. The average Bonchev–Trinajstić information content (AvgIpc) is 2.31. The molecule has 0 aromatic carbocycles. The van der Waals surface area contributed by atoms with Crippen molar-refractivity contribution in [3.8, 4) is 0 Å². The summed E-state index contributed by atoms with van der Waals surface area (Å²) in [7, 11) is 1.73. The van der Waals surface area contributed by atoms with Crippen LogP contribution in [-0.2, 0) is 9.47 Å². The molecule has 0 radical (unpaired) electrons. The molecule has 0 aromatic heterocycles. The molecule has 4 nitrogen and oxygen atoms in total. The number of morpholine rings is 1. The van der Waals surface area contributed by atoms with Crippen molar-refractivity contribution in [2.75, 3.05) is 40.0 Å². The second kappa shape index (κ2) is 7.17. The van der Waals surface area contributed by atoms with Crippen LogP contribution in [0.4, 0.5) is 0 Å². The maximum absolute atomic E-state index is 5.60. The van der Waals surface area contributed by atoms with Crippen molar-refractivity contribution in [2.24, 2.45) is 5.73 Å². The molecule has 1 aliphatic heterocycles. The van der Waals surface area contributed by atoms with Gasteiger partial charge in [0.05, 0.1) is 19.3 Å². The van der Waals surface area contributed by atoms with Crippen molar-refractivity contribution in [3.63, 3.8) is 0 Å².